The van der Waals surface area contributed by atoms with Crippen LogP contribution in [-0.4, -0.2) is 36.1 Å². The van der Waals surface area contributed by atoms with Gasteiger partial charge in [-0.1, -0.05) is 13.8 Å². The van der Waals surface area contributed by atoms with Crippen molar-refractivity contribution in [1.82, 2.24) is 4.31 Å². The number of nitrogens with zero attached hydrogens (tertiary/aromatic N) is 1. The van der Waals surface area contributed by atoms with E-state index in [4.69, 9.17) is 5.11 Å². The molecular weight excluding hydrogens is 222 g/mol. The first-order chi connectivity index (χ1) is 6.69. The summed E-state index contributed by atoms with van der Waals surface area (Å²) in [6, 6.07) is 0. The van der Waals surface area contributed by atoms with Gasteiger partial charge in [0.1, 0.15) is 0 Å². The van der Waals surface area contributed by atoms with E-state index in [1.807, 2.05) is 13.8 Å². The Hall–Kier alpha value is -0.820. The molecule has 1 amide bonds. The molecule has 0 bridgehead atoms. The zero-order valence-corrected chi connectivity index (χ0v) is 9.74. The molecule has 0 saturated carbocycles. The summed E-state index contributed by atoms with van der Waals surface area (Å²) >= 11 is 0. The maximum absolute atomic E-state index is 11.3. The molecule has 1 N–H and O–H groups in total. The maximum atomic E-state index is 11.3. The minimum atomic E-state index is -4.11. The van der Waals surface area contributed by atoms with Crippen LogP contribution in [0.4, 0.5) is 4.79 Å². The van der Waals surface area contributed by atoms with Crippen LogP contribution in [0, 0.1) is 5.92 Å². The van der Waals surface area contributed by atoms with Crippen LogP contribution in [0.25, 0.3) is 0 Å². The standard InChI is InChI=1S/C8H15NO5S/c1-6(2)4-8(3)5-14-15(12,13)9(8)7(10)11/h6H,4-5H2,1-3H3,(H,10,11). The number of carboxylic acid groups (broad SMARTS) is 1. The first kappa shape index (κ1) is 12.3. The molecule has 1 heterocycles. The fourth-order valence-corrected chi connectivity index (χ4v) is 3.30. The zero-order valence-electron chi connectivity index (χ0n) is 8.93. The summed E-state index contributed by atoms with van der Waals surface area (Å²) in [5, 5.41) is 8.86. The minimum Gasteiger partial charge on any atom is -0.464 e. The first-order valence-corrected chi connectivity index (χ1v) is 5.98. The Labute approximate surface area is 89.1 Å². The van der Waals surface area contributed by atoms with E-state index < -0.39 is 21.9 Å². The molecule has 1 aliphatic rings. The Kier molecular flexibility index (Phi) is 2.97. The molecule has 7 heteroatoms. The van der Waals surface area contributed by atoms with Gasteiger partial charge in [0.2, 0.25) is 0 Å². The lowest BCUT2D eigenvalue weighted by molar-refractivity contribution is 0.128. The molecular formula is C8H15NO5S. The second kappa shape index (κ2) is 3.64. The Bertz CT molecular complexity index is 363. The van der Waals surface area contributed by atoms with E-state index in [0.717, 1.165) is 0 Å². The summed E-state index contributed by atoms with van der Waals surface area (Å²) in [7, 11) is -4.11. The van der Waals surface area contributed by atoms with Crippen molar-refractivity contribution in [2.45, 2.75) is 32.7 Å². The topological polar surface area (TPSA) is 83.9 Å². The average molecular weight is 237 g/mol. The average Bonchev–Trinajstić information content (AvgIpc) is 2.19. The Balaban J connectivity index is 3.06. The van der Waals surface area contributed by atoms with E-state index >= 15 is 0 Å². The molecule has 0 aromatic carbocycles. The summed E-state index contributed by atoms with van der Waals surface area (Å²) in [4.78, 5) is 10.9. The second-order valence-electron chi connectivity index (χ2n) is 4.36. The van der Waals surface area contributed by atoms with Crippen LogP contribution in [0.5, 0.6) is 0 Å². The number of amides is 1. The maximum Gasteiger partial charge on any atom is 0.423 e. The van der Waals surface area contributed by atoms with Crippen molar-refractivity contribution in [3.8, 4) is 0 Å². The van der Waals surface area contributed by atoms with Crippen LogP contribution in [-0.2, 0) is 14.5 Å². The van der Waals surface area contributed by atoms with E-state index in [0.29, 0.717) is 10.7 Å². The molecule has 0 radical (unpaired) electrons. The van der Waals surface area contributed by atoms with Crippen LogP contribution >= 0.6 is 0 Å². The van der Waals surface area contributed by atoms with Crippen LogP contribution < -0.4 is 0 Å². The highest BCUT2D eigenvalue weighted by Crippen LogP contribution is 2.33. The normalized spacial score (nSPS) is 29.7. The molecule has 1 rings (SSSR count). The van der Waals surface area contributed by atoms with E-state index in [9.17, 15) is 13.2 Å². The molecule has 1 aliphatic heterocycles. The molecule has 1 unspecified atom stereocenters. The van der Waals surface area contributed by atoms with E-state index in [1.165, 1.54) is 0 Å². The number of hydrogen-bond acceptors (Lipinski definition) is 4. The molecule has 15 heavy (non-hydrogen) atoms. The fourth-order valence-electron chi connectivity index (χ4n) is 1.93. The van der Waals surface area contributed by atoms with Gasteiger partial charge in [0, 0.05) is 0 Å². The Morgan fingerprint density at radius 3 is 2.53 bits per heavy atom. The van der Waals surface area contributed by atoms with Crippen molar-refractivity contribution in [3.63, 3.8) is 0 Å². The molecule has 0 aliphatic carbocycles. The third-order valence-electron chi connectivity index (χ3n) is 2.25. The highest BCUT2D eigenvalue weighted by atomic mass is 32.2. The van der Waals surface area contributed by atoms with E-state index in [2.05, 4.69) is 4.18 Å². The Morgan fingerprint density at radius 2 is 2.13 bits per heavy atom. The fraction of sp³-hybridized carbons (Fsp3) is 0.875. The lowest BCUT2D eigenvalue weighted by Gasteiger charge is -2.29. The van der Waals surface area contributed by atoms with Gasteiger partial charge >= 0.3 is 16.4 Å². The molecule has 0 aromatic rings. The zero-order chi connectivity index (χ0) is 11.9. The number of rotatable bonds is 2. The largest absolute Gasteiger partial charge is 0.464 e. The summed E-state index contributed by atoms with van der Waals surface area (Å²) in [5.41, 5.74) is -0.987. The number of carbonyl (C=O) groups is 1. The van der Waals surface area contributed by atoms with Crippen molar-refractivity contribution in [2.24, 2.45) is 5.92 Å². The van der Waals surface area contributed by atoms with Gasteiger partial charge in [0.05, 0.1) is 12.1 Å². The summed E-state index contributed by atoms with van der Waals surface area (Å²) in [5.74, 6) is 0.189. The van der Waals surface area contributed by atoms with Crippen LogP contribution in [0.1, 0.15) is 27.2 Å². The van der Waals surface area contributed by atoms with Gasteiger partial charge in [0.25, 0.3) is 0 Å². The van der Waals surface area contributed by atoms with Gasteiger partial charge in [0.15, 0.2) is 0 Å². The molecule has 0 spiro atoms. The monoisotopic (exact) mass is 237 g/mol. The van der Waals surface area contributed by atoms with Crippen molar-refractivity contribution >= 4 is 16.4 Å². The highest BCUT2D eigenvalue weighted by molar-refractivity contribution is 7.85. The van der Waals surface area contributed by atoms with E-state index in [1.54, 1.807) is 6.92 Å². The van der Waals surface area contributed by atoms with Gasteiger partial charge < -0.3 is 5.11 Å². The first-order valence-electron chi connectivity index (χ1n) is 4.62. The van der Waals surface area contributed by atoms with Crippen LogP contribution in [0.15, 0.2) is 0 Å². The minimum absolute atomic E-state index is 0.111. The lowest BCUT2D eigenvalue weighted by atomic mass is 9.92. The Morgan fingerprint density at radius 1 is 1.60 bits per heavy atom. The lowest BCUT2D eigenvalue weighted by Crippen LogP contribution is -2.48. The van der Waals surface area contributed by atoms with Gasteiger partial charge in [-0.2, -0.15) is 12.7 Å². The third-order valence-corrected chi connectivity index (χ3v) is 3.71. The number of hydrogen-bond donors (Lipinski definition) is 1. The van der Waals surface area contributed by atoms with Crippen LogP contribution in [0.3, 0.4) is 0 Å². The quantitative estimate of drug-likeness (QED) is 0.775. The van der Waals surface area contributed by atoms with E-state index in [-0.39, 0.29) is 12.5 Å². The molecule has 1 saturated heterocycles. The van der Waals surface area contributed by atoms with Crippen molar-refractivity contribution < 1.29 is 22.5 Å². The summed E-state index contributed by atoms with van der Waals surface area (Å²) in [6.07, 6.45) is -1.05. The molecule has 88 valence electrons. The highest BCUT2D eigenvalue weighted by Gasteiger charge is 2.51. The smallest absolute Gasteiger partial charge is 0.423 e. The molecule has 6 nitrogen and oxygen atoms in total. The SMILES string of the molecule is CC(C)CC1(C)COS(=O)(=O)N1C(=O)O. The predicted molar refractivity (Wildman–Crippen MR) is 52.6 cm³/mol. The molecule has 1 atom stereocenters. The van der Waals surface area contributed by atoms with Gasteiger partial charge in [-0.05, 0) is 19.3 Å². The van der Waals surface area contributed by atoms with Crippen LogP contribution in [0.2, 0.25) is 0 Å². The van der Waals surface area contributed by atoms with Gasteiger partial charge in [-0.15, -0.1) is 0 Å². The molecule has 0 aromatic heterocycles. The second-order valence-corrected chi connectivity index (χ2v) is 5.82. The van der Waals surface area contributed by atoms with Crippen molar-refractivity contribution in [3.05, 3.63) is 0 Å². The van der Waals surface area contributed by atoms with Crippen molar-refractivity contribution in [2.75, 3.05) is 6.61 Å². The predicted octanol–water partition coefficient (Wildman–Crippen LogP) is 1.05. The summed E-state index contributed by atoms with van der Waals surface area (Å²) < 4.78 is 27.6. The third kappa shape index (κ3) is 2.23. The molecule has 1 fully saturated rings. The van der Waals surface area contributed by atoms with Crippen molar-refractivity contribution in [1.29, 1.82) is 0 Å². The van der Waals surface area contributed by atoms with Gasteiger partial charge in [-0.25, -0.2) is 4.79 Å². The van der Waals surface area contributed by atoms with Gasteiger partial charge in [-0.3, -0.25) is 4.18 Å². The summed E-state index contributed by atoms with van der Waals surface area (Å²) in [6.45, 7) is 5.26.